The zero-order chi connectivity index (χ0) is 20.4. The first-order valence-electron chi connectivity index (χ1n) is 7.99. The van der Waals surface area contributed by atoms with Crippen LogP contribution in [0.3, 0.4) is 0 Å². The van der Waals surface area contributed by atoms with Gasteiger partial charge in [0.15, 0.2) is 0 Å². The van der Waals surface area contributed by atoms with Gasteiger partial charge in [0.2, 0.25) is 27.7 Å². The van der Waals surface area contributed by atoms with Gasteiger partial charge in [0.25, 0.3) is 0 Å². The van der Waals surface area contributed by atoms with Gasteiger partial charge in [0.05, 0.1) is 19.3 Å². The number of carbonyl (C=O) groups excluding carboxylic acids is 3. The standard InChI is InChI=1S/C16H21FN4O5S/c1-16(10-21(27(3,25)26)9-14(23)20(16)2)15(24)18-8-13(22)19-12-6-4-5-11(17)7-12/h4-7H,8-10H2,1-3H3,(H,18,24)(H,19,22). The van der Waals surface area contributed by atoms with Gasteiger partial charge in [-0.2, -0.15) is 4.31 Å². The third kappa shape index (κ3) is 4.80. The summed E-state index contributed by atoms with van der Waals surface area (Å²) < 4.78 is 37.6. The Morgan fingerprint density at radius 2 is 2.00 bits per heavy atom. The lowest BCUT2D eigenvalue weighted by Gasteiger charge is -2.44. The topological polar surface area (TPSA) is 116 Å². The molecule has 1 unspecified atom stereocenters. The molecule has 0 aliphatic carbocycles. The van der Waals surface area contributed by atoms with E-state index in [4.69, 9.17) is 0 Å². The molecule has 1 aromatic rings. The molecule has 1 fully saturated rings. The molecule has 148 valence electrons. The molecule has 1 saturated heterocycles. The minimum Gasteiger partial charge on any atom is -0.345 e. The monoisotopic (exact) mass is 400 g/mol. The molecule has 1 atom stereocenters. The largest absolute Gasteiger partial charge is 0.345 e. The fraction of sp³-hybridized carbons (Fsp3) is 0.438. The Morgan fingerprint density at radius 1 is 1.33 bits per heavy atom. The molecule has 2 rings (SSSR count). The second-order valence-corrected chi connectivity index (χ2v) is 8.48. The van der Waals surface area contributed by atoms with Crippen LogP contribution in [-0.4, -0.2) is 73.8 Å². The number of hydrogen-bond acceptors (Lipinski definition) is 5. The van der Waals surface area contributed by atoms with Crippen LogP contribution in [0, 0.1) is 5.82 Å². The van der Waals surface area contributed by atoms with E-state index in [0.29, 0.717) is 0 Å². The van der Waals surface area contributed by atoms with Crippen molar-refractivity contribution in [3.63, 3.8) is 0 Å². The molecule has 1 aromatic carbocycles. The van der Waals surface area contributed by atoms with E-state index in [1.165, 1.54) is 32.2 Å². The number of benzene rings is 1. The number of likely N-dealkylation sites (N-methyl/N-ethyl adjacent to an activating group) is 1. The van der Waals surface area contributed by atoms with E-state index >= 15 is 0 Å². The minimum absolute atomic E-state index is 0.230. The molecule has 1 heterocycles. The summed E-state index contributed by atoms with van der Waals surface area (Å²) in [7, 11) is -2.27. The van der Waals surface area contributed by atoms with Crippen LogP contribution in [-0.2, 0) is 24.4 Å². The molecular formula is C16H21FN4O5S. The van der Waals surface area contributed by atoms with Gasteiger partial charge < -0.3 is 15.5 Å². The lowest BCUT2D eigenvalue weighted by Crippen LogP contribution is -2.68. The average molecular weight is 400 g/mol. The van der Waals surface area contributed by atoms with E-state index in [-0.39, 0.29) is 18.8 Å². The Balaban J connectivity index is 2.04. The van der Waals surface area contributed by atoms with E-state index in [9.17, 15) is 27.2 Å². The van der Waals surface area contributed by atoms with Gasteiger partial charge in [-0.05, 0) is 25.1 Å². The summed E-state index contributed by atoms with van der Waals surface area (Å²) >= 11 is 0. The van der Waals surface area contributed by atoms with E-state index in [0.717, 1.165) is 21.5 Å². The van der Waals surface area contributed by atoms with E-state index in [1.54, 1.807) is 0 Å². The van der Waals surface area contributed by atoms with Crippen molar-refractivity contribution in [2.24, 2.45) is 0 Å². The lowest BCUT2D eigenvalue weighted by molar-refractivity contribution is -0.150. The smallest absolute Gasteiger partial charge is 0.247 e. The molecule has 0 bridgehead atoms. The fourth-order valence-corrected chi connectivity index (χ4v) is 3.45. The predicted octanol–water partition coefficient (Wildman–Crippen LogP) is -0.627. The van der Waals surface area contributed by atoms with Crippen LogP contribution in [0.1, 0.15) is 6.92 Å². The van der Waals surface area contributed by atoms with Crippen LogP contribution >= 0.6 is 0 Å². The third-order valence-electron chi connectivity index (χ3n) is 4.39. The highest BCUT2D eigenvalue weighted by Crippen LogP contribution is 2.22. The maximum Gasteiger partial charge on any atom is 0.247 e. The summed E-state index contributed by atoms with van der Waals surface area (Å²) in [6.45, 7) is 0.414. The third-order valence-corrected chi connectivity index (χ3v) is 5.58. The van der Waals surface area contributed by atoms with Crippen molar-refractivity contribution in [3.05, 3.63) is 30.1 Å². The molecule has 1 aliphatic rings. The second kappa shape index (κ2) is 7.61. The van der Waals surface area contributed by atoms with Crippen LogP contribution in [0.15, 0.2) is 24.3 Å². The normalized spacial score (nSPS) is 21.0. The first kappa shape index (κ1) is 20.8. The van der Waals surface area contributed by atoms with Crippen molar-refractivity contribution in [1.29, 1.82) is 0 Å². The maximum atomic E-state index is 13.1. The molecule has 9 nitrogen and oxygen atoms in total. The van der Waals surface area contributed by atoms with Crippen molar-refractivity contribution < 1.29 is 27.2 Å². The Hall–Kier alpha value is -2.53. The number of hydrogen-bond donors (Lipinski definition) is 2. The van der Waals surface area contributed by atoms with Gasteiger partial charge in [0.1, 0.15) is 11.4 Å². The Kier molecular flexibility index (Phi) is 5.85. The first-order chi connectivity index (χ1) is 12.4. The Labute approximate surface area is 156 Å². The zero-order valence-electron chi connectivity index (χ0n) is 15.2. The highest BCUT2D eigenvalue weighted by molar-refractivity contribution is 7.88. The van der Waals surface area contributed by atoms with Crippen molar-refractivity contribution >= 4 is 33.4 Å². The van der Waals surface area contributed by atoms with Gasteiger partial charge in [-0.25, -0.2) is 12.8 Å². The summed E-state index contributed by atoms with van der Waals surface area (Å²) in [5, 5.41) is 4.82. The van der Waals surface area contributed by atoms with Crippen LogP contribution in [0.2, 0.25) is 0 Å². The molecule has 27 heavy (non-hydrogen) atoms. The molecule has 0 saturated carbocycles. The number of nitrogens with zero attached hydrogens (tertiary/aromatic N) is 2. The minimum atomic E-state index is -3.67. The Morgan fingerprint density at radius 3 is 2.59 bits per heavy atom. The number of nitrogens with one attached hydrogen (secondary N) is 2. The van der Waals surface area contributed by atoms with E-state index in [1.807, 2.05) is 0 Å². The Bertz CT molecular complexity index is 875. The molecular weight excluding hydrogens is 379 g/mol. The molecule has 0 radical (unpaired) electrons. The number of halogens is 1. The number of sulfonamides is 1. The maximum absolute atomic E-state index is 13.1. The summed E-state index contributed by atoms with van der Waals surface area (Å²) in [5.74, 6) is -2.33. The molecule has 1 aliphatic heterocycles. The van der Waals surface area contributed by atoms with Crippen LogP contribution < -0.4 is 10.6 Å². The summed E-state index contributed by atoms with van der Waals surface area (Å²) in [6.07, 6.45) is 0.955. The van der Waals surface area contributed by atoms with Crippen molar-refractivity contribution in [2.45, 2.75) is 12.5 Å². The second-order valence-electron chi connectivity index (χ2n) is 6.50. The van der Waals surface area contributed by atoms with Gasteiger partial charge in [-0.1, -0.05) is 6.07 Å². The molecule has 11 heteroatoms. The highest BCUT2D eigenvalue weighted by atomic mass is 32.2. The van der Waals surface area contributed by atoms with Crippen LogP contribution in [0.4, 0.5) is 10.1 Å². The first-order valence-corrected chi connectivity index (χ1v) is 9.84. The quantitative estimate of drug-likeness (QED) is 0.683. The number of amides is 3. The predicted molar refractivity (Wildman–Crippen MR) is 95.6 cm³/mol. The lowest BCUT2D eigenvalue weighted by atomic mass is 9.96. The summed E-state index contributed by atoms with van der Waals surface area (Å²) in [4.78, 5) is 37.8. The van der Waals surface area contributed by atoms with Gasteiger partial charge >= 0.3 is 0 Å². The summed E-state index contributed by atoms with van der Waals surface area (Å²) in [5.41, 5.74) is -1.24. The molecule has 2 N–H and O–H groups in total. The molecule has 0 spiro atoms. The van der Waals surface area contributed by atoms with Crippen LogP contribution in [0.5, 0.6) is 0 Å². The van der Waals surface area contributed by atoms with Gasteiger partial charge in [0, 0.05) is 19.3 Å². The number of anilines is 1. The van der Waals surface area contributed by atoms with E-state index < -0.39 is 45.6 Å². The van der Waals surface area contributed by atoms with Crippen molar-refractivity contribution in [3.8, 4) is 0 Å². The average Bonchev–Trinajstić information content (AvgIpc) is 2.56. The SMILES string of the molecule is CN1C(=O)CN(S(C)(=O)=O)CC1(C)C(=O)NCC(=O)Nc1cccc(F)c1. The number of rotatable bonds is 5. The van der Waals surface area contributed by atoms with Crippen molar-refractivity contribution in [2.75, 3.05) is 38.3 Å². The van der Waals surface area contributed by atoms with E-state index in [2.05, 4.69) is 10.6 Å². The zero-order valence-corrected chi connectivity index (χ0v) is 16.0. The fourth-order valence-electron chi connectivity index (χ4n) is 2.62. The number of carbonyl (C=O) groups is 3. The van der Waals surface area contributed by atoms with Gasteiger partial charge in [-0.15, -0.1) is 0 Å². The van der Waals surface area contributed by atoms with Crippen LogP contribution in [0.25, 0.3) is 0 Å². The molecule has 0 aromatic heterocycles. The number of piperazine rings is 1. The van der Waals surface area contributed by atoms with Gasteiger partial charge in [-0.3, -0.25) is 14.4 Å². The highest BCUT2D eigenvalue weighted by Gasteiger charge is 2.47. The van der Waals surface area contributed by atoms with Crippen molar-refractivity contribution in [1.82, 2.24) is 14.5 Å². The molecule has 3 amide bonds. The summed E-state index contributed by atoms with van der Waals surface area (Å²) in [6, 6.07) is 5.26.